The minimum absolute atomic E-state index is 0.123. The van der Waals surface area contributed by atoms with E-state index in [-0.39, 0.29) is 17.9 Å². The number of aromatic nitrogens is 2. The minimum Gasteiger partial charge on any atom is -0.374 e. The SMILES string of the molecule is CC(C)c1noc([C@H](C)Nc2ccc(N3CCCC3=O)c(Cl)c2)n1. The smallest absolute Gasteiger partial charge is 0.248 e. The molecule has 6 nitrogen and oxygen atoms in total. The Morgan fingerprint density at radius 2 is 2.12 bits per heavy atom. The average Bonchev–Trinajstić information content (AvgIpc) is 3.17. The highest BCUT2D eigenvalue weighted by Crippen LogP contribution is 2.32. The Morgan fingerprint density at radius 3 is 2.71 bits per heavy atom. The number of amides is 1. The zero-order valence-electron chi connectivity index (χ0n) is 14.0. The van der Waals surface area contributed by atoms with Crippen molar-refractivity contribution in [3.8, 4) is 0 Å². The van der Waals surface area contributed by atoms with Crippen LogP contribution in [0.25, 0.3) is 0 Å². The first-order valence-electron chi connectivity index (χ1n) is 8.15. The van der Waals surface area contributed by atoms with Gasteiger partial charge in [0.05, 0.1) is 10.7 Å². The largest absolute Gasteiger partial charge is 0.374 e. The van der Waals surface area contributed by atoms with Gasteiger partial charge in [0, 0.05) is 24.6 Å². The molecule has 2 heterocycles. The molecule has 24 heavy (non-hydrogen) atoms. The highest BCUT2D eigenvalue weighted by molar-refractivity contribution is 6.34. The first-order chi connectivity index (χ1) is 11.5. The molecule has 0 spiro atoms. The molecule has 3 rings (SSSR count). The summed E-state index contributed by atoms with van der Waals surface area (Å²) in [6.45, 7) is 6.71. The van der Waals surface area contributed by atoms with E-state index in [0.29, 0.717) is 23.2 Å². The van der Waals surface area contributed by atoms with Crippen LogP contribution < -0.4 is 10.2 Å². The second-order valence-electron chi connectivity index (χ2n) is 6.33. The molecule has 1 saturated heterocycles. The molecule has 1 aromatic heterocycles. The molecule has 1 aliphatic rings. The van der Waals surface area contributed by atoms with Crippen LogP contribution in [0.1, 0.15) is 57.3 Å². The third kappa shape index (κ3) is 3.38. The zero-order chi connectivity index (χ0) is 17.3. The van der Waals surface area contributed by atoms with Crippen LogP contribution in [-0.2, 0) is 4.79 Å². The van der Waals surface area contributed by atoms with Crippen LogP contribution in [0.4, 0.5) is 11.4 Å². The van der Waals surface area contributed by atoms with Crippen LogP contribution >= 0.6 is 11.6 Å². The maximum Gasteiger partial charge on any atom is 0.248 e. The number of anilines is 2. The predicted octanol–water partition coefficient (Wildman–Crippen LogP) is 4.15. The van der Waals surface area contributed by atoms with Crippen LogP contribution in [-0.4, -0.2) is 22.6 Å². The molecule has 0 radical (unpaired) electrons. The number of halogens is 1. The van der Waals surface area contributed by atoms with Crippen molar-refractivity contribution < 1.29 is 9.32 Å². The van der Waals surface area contributed by atoms with E-state index < -0.39 is 0 Å². The van der Waals surface area contributed by atoms with Crippen molar-refractivity contribution in [2.75, 3.05) is 16.8 Å². The number of carbonyl (C=O) groups is 1. The van der Waals surface area contributed by atoms with Crippen LogP contribution in [0.2, 0.25) is 5.02 Å². The quantitative estimate of drug-likeness (QED) is 0.878. The summed E-state index contributed by atoms with van der Waals surface area (Å²) in [6.07, 6.45) is 1.46. The average molecular weight is 349 g/mol. The summed E-state index contributed by atoms with van der Waals surface area (Å²) >= 11 is 6.36. The fourth-order valence-electron chi connectivity index (χ4n) is 2.69. The van der Waals surface area contributed by atoms with Gasteiger partial charge in [0.25, 0.3) is 0 Å². The molecule has 1 fully saturated rings. The number of hydrogen-bond acceptors (Lipinski definition) is 5. The van der Waals surface area contributed by atoms with Gasteiger partial charge in [-0.2, -0.15) is 4.98 Å². The van der Waals surface area contributed by atoms with Crippen LogP contribution in [0, 0.1) is 0 Å². The maximum atomic E-state index is 11.9. The van der Waals surface area contributed by atoms with Gasteiger partial charge >= 0.3 is 0 Å². The Hall–Kier alpha value is -2.08. The molecule has 0 aliphatic carbocycles. The number of nitrogens with zero attached hydrogens (tertiary/aromatic N) is 3. The summed E-state index contributed by atoms with van der Waals surface area (Å²) in [5.74, 6) is 1.58. The number of rotatable bonds is 5. The standard InChI is InChI=1S/C17H21ClN4O2/c1-10(2)16-20-17(24-21-16)11(3)19-12-6-7-14(13(18)9-12)22-8-4-5-15(22)23/h6-7,9-11,19H,4-5,8H2,1-3H3/t11-/m0/s1. The molecule has 0 unspecified atom stereocenters. The topological polar surface area (TPSA) is 71.3 Å². The fraction of sp³-hybridized carbons (Fsp3) is 0.471. The summed E-state index contributed by atoms with van der Waals surface area (Å²) in [6, 6.07) is 5.45. The maximum absolute atomic E-state index is 11.9. The van der Waals surface area contributed by atoms with Gasteiger partial charge in [-0.05, 0) is 31.5 Å². The summed E-state index contributed by atoms with van der Waals surface area (Å²) in [7, 11) is 0. The Labute approximate surface area is 146 Å². The zero-order valence-corrected chi connectivity index (χ0v) is 14.8. The molecule has 128 valence electrons. The van der Waals surface area contributed by atoms with Crippen molar-refractivity contribution in [1.29, 1.82) is 0 Å². The number of benzene rings is 1. The highest BCUT2D eigenvalue weighted by Gasteiger charge is 2.24. The Kier molecular flexibility index (Phi) is 4.76. The molecule has 0 bridgehead atoms. The van der Waals surface area contributed by atoms with Crippen LogP contribution in [0.5, 0.6) is 0 Å². The predicted molar refractivity (Wildman–Crippen MR) is 93.5 cm³/mol. The van der Waals surface area contributed by atoms with Gasteiger partial charge in [-0.15, -0.1) is 0 Å². The monoisotopic (exact) mass is 348 g/mol. The van der Waals surface area contributed by atoms with E-state index in [2.05, 4.69) is 15.5 Å². The van der Waals surface area contributed by atoms with Crippen molar-refractivity contribution in [3.63, 3.8) is 0 Å². The van der Waals surface area contributed by atoms with Gasteiger partial charge in [0.2, 0.25) is 11.8 Å². The third-order valence-electron chi connectivity index (χ3n) is 4.04. The first kappa shape index (κ1) is 16.8. The molecule has 7 heteroatoms. The lowest BCUT2D eigenvalue weighted by Gasteiger charge is -2.19. The van der Waals surface area contributed by atoms with Gasteiger partial charge < -0.3 is 14.7 Å². The molecule has 1 amide bonds. The van der Waals surface area contributed by atoms with Crippen molar-refractivity contribution in [2.24, 2.45) is 0 Å². The first-order valence-corrected chi connectivity index (χ1v) is 8.53. The Balaban J connectivity index is 1.73. The number of hydrogen-bond donors (Lipinski definition) is 1. The molecule has 0 saturated carbocycles. The van der Waals surface area contributed by atoms with Gasteiger partial charge in [-0.3, -0.25) is 4.79 Å². The number of carbonyl (C=O) groups excluding carboxylic acids is 1. The van der Waals surface area contributed by atoms with E-state index >= 15 is 0 Å². The van der Waals surface area contributed by atoms with Crippen molar-refractivity contribution >= 4 is 28.9 Å². The van der Waals surface area contributed by atoms with Gasteiger partial charge in [0.15, 0.2) is 5.82 Å². The van der Waals surface area contributed by atoms with E-state index in [4.69, 9.17) is 16.1 Å². The van der Waals surface area contributed by atoms with E-state index in [9.17, 15) is 4.79 Å². The van der Waals surface area contributed by atoms with Gasteiger partial charge in [0.1, 0.15) is 6.04 Å². The molecule has 1 N–H and O–H groups in total. The second kappa shape index (κ2) is 6.81. The van der Waals surface area contributed by atoms with Crippen LogP contribution in [0.3, 0.4) is 0 Å². The number of nitrogens with one attached hydrogen (secondary N) is 1. The molecular formula is C17H21ClN4O2. The normalized spacial score (nSPS) is 16.0. The molecule has 1 aliphatic heterocycles. The summed E-state index contributed by atoms with van der Waals surface area (Å²) in [4.78, 5) is 18.0. The van der Waals surface area contributed by atoms with E-state index in [0.717, 1.165) is 24.3 Å². The van der Waals surface area contributed by atoms with Crippen LogP contribution in [0.15, 0.2) is 22.7 Å². The minimum atomic E-state index is -0.139. The Bertz CT molecular complexity index is 744. The highest BCUT2D eigenvalue weighted by atomic mass is 35.5. The van der Waals surface area contributed by atoms with E-state index in [1.165, 1.54) is 0 Å². The molecular weight excluding hydrogens is 328 g/mol. The molecule has 1 atom stereocenters. The lowest BCUT2D eigenvalue weighted by atomic mass is 10.2. The van der Waals surface area contributed by atoms with E-state index in [1.807, 2.05) is 39.0 Å². The van der Waals surface area contributed by atoms with E-state index in [1.54, 1.807) is 4.90 Å². The van der Waals surface area contributed by atoms with Crippen molar-refractivity contribution in [1.82, 2.24) is 10.1 Å². The summed E-state index contributed by atoms with van der Waals surface area (Å²) in [5, 5.41) is 7.82. The third-order valence-corrected chi connectivity index (χ3v) is 4.34. The van der Waals surface area contributed by atoms with Crippen molar-refractivity contribution in [2.45, 2.75) is 45.6 Å². The lowest BCUT2D eigenvalue weighted by molar-refractivity contribution is -0.117. The van der Waals surface area contributed by atoms with Crippen molar-refractivity contribution in [3.05, 3.63) is 34.9 Å². The van der Waals surface area contributed by atoms with Gasteiger partial charge in [-0.25, -0.2) is 0 Å². The molecule has 2 aromatic rings. The fourth-order valence-corrected chi connectivity index (χ4v) is 2.97. The summed E-state index contributed by atoms with van der Waals surface area (Å²) < 4.78 is 5.30. The lowest BCUT2D eigenvalue weighted by Crippen LogP contribution is -2.24. The van der Waals surface area contributed by atoms with Gasteiger partial charge in [-0.1, -0.05) is 30.6 Å². The second-order valence-corrected chi connectivity index (χ2v) is 6.73. The summed E-state index contributed by atoms with van der Waals surface area (Å²) in [5.41, 5.74) is 1.60. The Morgan fingerprint density at radius 1 is 1.33 bits per heavy atom. The molecule has 1 aromatic carbocycles.